The normalized spacial score (nSPS) is 14.7. The van der Waals surface area contributed by atoms with E-state index in [0.29, 0.717) is 5.75 Å². The highest BCUT2D eigenvalue weighted by atomic mass is 32.2. The third-order valence-corrected chi connectivity index (χ3v) is 4.66. The van der Waals surface area contributed by atoms with Crippen LogP contribution in [0.25, 0.3) is 0 Å². The fourth-order valence-electron chi connectivity index (χ4n) is 1.82. The molecular weight excluding hydrogens is 270 g/mol. The zero-order valence-electron chi connectivity index (χ0n) is 13.2. The predicted octanol–water partition coefficient (Wildman–Crippen LogP) is 2.86. The third kappa shape index (κ3) is 5.08. The maximum absolute atomic E-state index is 12.4. The van der Waals surface area contributed by atoms with Crippen LogP contribution < -0.4 is 5.32 Å². The highest BCUT2D eigenvalue weighted by Crippen LogP contribution is 2.15. The Labute approximate surface area is 124 Å². The Bertz CT molecular complexity index is 518. The number of rotatable bonds is 4. The number of amides is 1. The van der Waals surface area contributed by atoms with Gasteiger partial charge in [0.25, 0.3) is 0 Å². The van der Waals surface area contributed by atoms with Gasteiger partial charge in [0.15, 0.2) is 0 Å². The molecule has 112 valence electrons. The molecule has 1 aromatic rings. The van der Waals surface area contributed by atoms with Gasteiger partial charge < -0.3 is 5.32 Å². The standard InChI is InChI=1S/C16H25NO2S/c1-11-7-8-12(2)14(9-11)10-20(19)13(3)15(18)17-16(4,5)6/h7-9,13H,10H2,1-6H3,(H,17,18)/t13-,20+/m1/s1. The summed E-state index contributed by atoms with van der Waals surface area (Å²) in [5.41, 5.74) is 3.02. The minimum absolute atomic E-state index is 0.152. The smallest absolute Gasteiger partial charge is 0.235 e. The van der Waals surface area contributed by atoms with Gasteiger partial charge in [-0.3, -0.25) is 9.00 Å². The molecule has 0 saturated carbocycles. The second-order valence-electron chi connectivity index (χ2n) is 6.34. The molecule has 0 fully saturated rings. The van der Waals surface area contributed by atoms with Crippen LogP contribution in [-0.4, -0.2) is 20.9 Å². The Kier molecular flexibility index (Phi) is 5.51. The van der Waals surface area contributed by atoms with Crippen LogP contribution in [0.15, 0.2) is 18.2 Å². The minimum atomic E-state index is -1.21. The molecule has 0 aromatic heterocycles. The van der Waals surface area contributed by atoms with E-state index in [0.717, 1.165) is 16.7 Å². The van der Waals surface area contributed by atoms with Crippen LogP contribution in [-0.2, 0) is 21.3 Å². The van der Waals surface area contributed by atoms with Gasteiger partial charge in [-0.15, -0.1) is 0 Å². The first kappa shape index (κ1) is 16.9. The van der Waals surface area contributed by atoms with Crippen molar-refractivity contribution in [3.05, 3.63) is 34.9 Å². The summed E-state index contributed by atoms with van der Waals surface area (Å²) < 4.78 is 12.4. The number of benzene rings is 1. The molecule has 1 aromatic carbocycles. The number of hydrogen-bond donors (Lipinski definition) is 1. The first-order valence-electron chi connectivity index (χ1n) is 6.85. The molecule has 0 spiro atoms. The summed E-state index contributed by atoms with van der Waals surface area (Å²) in [5.74, 6) is 0.271. The van der Waals surface area contributed by atoms with Gasteiger partial charge in [0.2, 0.25) is 5.91 Å². The van der Waals surface area contributed by atoms with E-state index in [2.05, 4.69) is 5.32 Å². The number of aryl methyl sites for hydroxylation is 2. The van der Waals surface area contributed by atoms with E-state index in [9.17, 15) is 9.00 Å². The molecule has 1 amide bonds. The molecule has 0 unspecified atom stereocenters. The Morgan fingerprint density at radius 1 is 1.30 bits per heavy atom. The van der Waals surface area contributed by atoms with Gasteiger partial charge in [0.1, 0.15) is 5.25 Å². The molecule has 1 N–H and O–H groups in total. The number of hydrogen-bond acceptors (Lipinski definition) is 2. The minimum Gasteiger partial charge on any atom is -0.350 e. The lowest BCUT2D eigenvalue weighted by molar-refractivity contribution is -0.121. The topological polar surface area (TPSA) is 46.2 Å². The Hall–Kier alpha value is -1.16. The van der Waals surface area contributed by atoms with E-state index in [-0.39, 0.29) is 11.4 Å². The van der Waals surface area contributed by atoms with Crippen LogP contribution in [0.3, 0.4) is 0 Å². The van der Waals surface area contributed by atoms with Gasteiger partial charge >= 0.3 is 0 Å². The number of carbonyl (C=O) groups excluding carboxylic acids is 1. The summed E-state index contributed by atoms with van der Waals surface area (Å²) >= 11 is 0. The van der Waals surface area contributed by atoms with Crippen LogP contribution in [0.4, 0.5) is 0 Å². The lowest BCUT2D eigenvalue weighted by Crippen LogP contribution is -2.46. The molecule has 3 nitrogen and oxygen atoms in total. The van der Waals surface area contributed by atoms with Crippen molar-refractivity contribution in [2.45, 2.75) is 58.1 Å². The molecular formula is C16H25NO2S. The third-order valence-electron chi connectivity index (χ3n) is 3.06. The van der Waals surface area contributed by atoms with E-state index in [1.54, 1.807) is 6.92 Å². The monoisotopic (exact) mass is 295 g/mol. The van der Waals surface area contributed by atoms with Gasteiger partial charge in [0.05, 0.1) is 0 Å². The molecule has 0 saturated heterocycles. The zero-order valence-corrected chi connectivity index (χ0v) is 14.1. The predicted molar refractivity (Wildman–Crippen MR) is 85.1 cm³/mol. The van der Waals surface area contributed by atoms with Gasteiger partial charge in [-0.05, 0) is 52.7 Å². The van der Waals surface area contributed by atoms with Crippen molar-refractivity contribution in [2.75, 3.05) is 0 Å². The maximum Gasteiger partial charge on any atom is 0.235 e. The van der Waals surface area contributed by atoms with E-state index in [1.807, 2.05) is 52.8 Å². The SMILES string of the molecule is Cc1ccc(C)c(C[S@](=O)[C@H](C)C(=O)NC(C)(C)C)c1. The Morgan fingerprint density at radius 3 is 2.45 bits per heavy atom. The summed E-state index contributed by atoms with van der Waals surface area (Å²) in [6.07, 6.45) is 0. The van der Waals surface area contributed by atoms with E-state index >= 15 is 0 Å². The number of carbonyl (C=O) groups is 1. The average Bonchev–Trinajstić information content (AvgIpc) is 2.30. The molecule has 1 rings (SSSR count). The Balaban J connectivity index is 2.75. The lowest BCUT2D eigenvalue weighted by Gasteiger charge is -2.23. The summed E-state index contributed by atoms with van der Waals surface area (Å²) in [5, 5.41) is 2.37. The summed E-state index contributed by atoms with van der Waals surface area (Å²) in [6.45, 7) is 11.5. The maximum atomic E-state index is 12.4. The van der Waals surface area contributed by atoms with E-state index in [4.69, 9.17) is 0 Å². The second-order valence-corrected chi connectivity index (χ2v) is 8.09. The van der Waals surface area contributed by atoms with Crippen LogP contribution in [0, 0.1) is 13.8 Å². The molecule has 0 heterocycles. The average molecular weight is 295 g/mol. The van der Waals surface area contributed by atoms with Crippen LogP contribution in [0.1, 0.15) is 44.4 Å². The van der Waals surface area contributed by atoms with Crippen molar-refractivity contribution in [3.8, 4) is 0 Å². The van der Waals surface area contributed by atoms with Crippen molar-refractivity contribution in [1.29, 1.82) is 0 Å². The van der Waals surface area contributed by atoms with E-state index < -0.39 is 16.0 Å². The van der Waals surface area contributed by atoms with Crippen molar-refractivity contribution in [1.82, 2.24) is 5.32 Å². The highest BCUT2D eigenvalue weighted by molar-refractivity contribution is 7.85. The van der Waals surface area contributed by atoms with Gasteiger partial charge in [-0.1, -0.05) is 23.8 Å². The summed E-state index contributed by atoms with van der Waals surface area (Å²) in [4.78, 5) is 12.0. The first-order valence-corrected chi connectivity index (χ1v) is 8.23. The summed E-state index contributed by atoms with van der Waals surface area (Å²) in [6, 6.07) is 6.11. The van der Waals surface area contributed by atoms with Gasteiger partial charge in [0, 0.05) is 22.1 Å². The lowest BCUT2D eigenvalue weighted by atomic mass is 10.1. The van der Waals surface area contributed by atoms with Crippen molar-refractivity contribution >= 4 is 16.7 Å². The van der Waals surface area contributed by atoms with Gasteiger partial charge in [-0.2, -0.15) is 0 Å². The molecule has 2 atom stereocenters. The van der Waals surface area contributed by atoms with Crippen LogP contribution in [0.2, 0.25) is 0 Å². The molecule has 0 radical (unpaired) electrons. The van der Waals surface area contributed by atoms with Gasteiger partial charge in [-0.25, -0.2) is 0 Å². The fraction of sp³-hybridized carbons (Fsp3) is 0.562. The van der Waals surface area contributed by atoms with Crippen LogP contribution in [0.5, 0.6) is 0 Å². The largest absolute Gasteiger partial charge is 0.350 e. The number of nitrogens with one attached hydrogen (secondary N) is 1. The van der Waals surface area contributed by atoms with E-state index in [1.165, 1.54) is 0 Å². The first-order chi connectivity index (χ1) is 9.10. The molecule has 0 bridgehead atoms. The molecule has 0 aliphatic heterocycles. The van der Waals surface area contributed by atoms with Crippen molar-refractivity contribution in [2.24, 2.45) is 0 Å². The van der Waals surface area contributed by atoms with Crippen molar-refractivity contribution in [3.63, 3.8) is 0 Å². The highest BCUT2D eigenvalue weighted by Gasteiger charge is 2.24. The Morgan fingerprint density at radius 2 is 1.90 bits per heavy atom. The molecule has 0 aliphatic carbocycles. The molecule has 20 heavy (non-hydrogen) atoms. The molecule has 4 heteroatoms. The quantitative estimate of drug-likeness (QED) is 0.928. The van der Waals surface area contributed by atoms with Crippen LogP contribution >= 0.6 is 0 Å². The molecule has 0 aliphatic rings. The van der Waals surface area contributed by atoms with Crippen molar-refractivity contribution < 1.29 is 9.00 Å². The second kappa shape index (κ2) is 6.53. The fourth-order valence-corrected chi connectivity index (χ4v) is 2.99. The summed E-state index contributed by atoms with van der Waals surface area (Å²) in [7, 11) is -1.21. The zero-order chi connectivity index (χ0) is 15.5.